The van der Waals surface area contributed by atoms with Crippen LogP contribution in [0, 0.1) is 5.92 Å². The van der Waals surface area contributed by atoms with Gasteiger partial charge >= 0.3 is 0 Å². The van der Waals surface area contributed by atoms with Gasteiger partial charge in [0.2, 0.25) is 0 Å². The minimum Gasteiger partial charge on any atom is -0.0902 e. The van der Waals surface area contributed by atoms with Crippen molar-refractivity contribution in [1.29, 1.82) is 0 Å². The van der Waals surface area contributed by atoms with Crippen molar-refractivity contribution in [2.75, 3.05) is 0 Å². The van der Waals surface area contributed by atoms with Crippen molar-refractivity contribution in [3.8, 4) is 0 Å². The maximum Gasteiger partial charge on any atom is 0.0177 e. The Balaban J connectivity index is 3.50. The lowest BCUT2D eigenvalue weighted by Gasteiger charge is -2.16. The van der Waals surface area contributed by atoms with Crippen molar-refractivity contribution in [3.05, 3.63) is 0 Å². The maximum absolute atomic E-state index is 5.26. The van der Waals surface area contributed by atoms with Gasteiger partial charge in [-0.05, 0) is 12.3 Å². The Kier molecular flexibility index (Phi) is 5.36. The second-order valence-corrected chi connectivity index (χ2v) is 3.13. The third-order valence-electron chi connectivity index (χ3n) is 1.98. The van der Waals surface area contributed by atoms with E-state index in [1.54, 1.807) is 0 Å². The zero-order valence-electron chi connectivity index (χ0n) is 6.68. The van der Waals surface area contributed by atoms with Crippen LogP contribution in [0.2, 0.25) is 0 Å². The van der Waals surface area contributed by atoms with Gasteiger partial charge in [0.05, 0.1) is 0 Å². The quantitative estimate of drug-likeness (QED) is 0.569. The highest BCUT2D eigenvalue weighted by Crippen LogP contribution is 2.19. The molecule has 1 heteroatoms. The van der Waals surface area contributed by atoms with E-state index in [0.29, 0.717) is 5.25 Å². The Labute approximate surface area is 64.4 Å². The molecule has 0 heterocycles. The predicted octanol–water partition coefficient (Wildman–Crippen LogP) is 3.40. The first-order chi connectivity index (χ1) is 4.26. The van der Waals surface area contributed by atoms with E-state index in [1.165, 1.54) is 12.8 Å². The Morgan fingerprint density at radius 1 is 1.00 bits per heavy atom. The summed E-state index contributed by atoms with van der Waals surface area (Å²) in [6.07, 6.45) is 3.65. The van der Waals surface area contributed by atoms with Crippen molar-refractivity contribution < 1.29 is 0 Å². The molecule has 0 aliphatic rings. The molecular formula is C8H17S. The summed E-state index contributed by atoms with van der Waals surface area (Å²) in [5.74, 6) is 0.782. The Morgan fingerprint density at radius 3 is 1.56 bits per heavy atom. The van der Waals surface area contributed by atoms with Crippen LogP contribution in [0.5, 0.6) is 0 Å². The predicted molar refractivity (Wildman–Crippen MR) is 45.7 cm³/mol. The number of hydrogen-bond donors (Lipinski definition) is 0. The molecule has 0 saturated heterocycles. The minimum absolute atomic E-state index is 0.514. The second-order valence-electron chi connectivity index (χ2n) is 2.52. The summed E-state index contributed by atoms with van der Waals surface area (Å²) in [6, 6.07) is 0. The van der Waals surface area contributed by atoms with Gasteiger partial charge in [0, 0.05) is 5.25 Å². The lowest BCUT2D eigenvalue weighted by atomic mass is 9.98. The van der Waals surface area contributed by atoms with E-state index in [9.17, 15) is 0 Å². The van der Waals surface area contributed by atoms with Crippen LogP contribution < -0.4 is 0 Å². The molecule has 0 aliphatic carbocycles. The molecule has 9 heavy (non-hydrogen) atoms. The highest BCUT2D eigenvalue weighted by Gasteiger charge is 2.11. The van der Waals surface area contributed by atoms with Crippen molar-refractivity contribution in [2.24, 2.45) is 5.92 Å². The van der Waals surface area contributed by atoms with Gasteiger partial charge in [0.25, 0.3) is 0 Å². The summed E-state index contributed by atoms with van der Waals surface area (Å²) in [4.78, 5) is 0. The topological polar surface area (TPSA) is 0 Å². The molecule has 0 N–H and O–H groups in total. The van der Waals surface area contributed by atoms with Gasteiger partial charge in [0.15, 0.2) is 0 Å². The molecule has 0 aromatic carbocycles. The first-order valence-corrected chi connectivity index (χ1v) is 4.39. The largest absolute Gasteiger partial charge is 0.0902 e. The van der Waals surface area contributed by atoms with E-state index in [4.69, 9.17) is 12.6 Å². The van der Waals surface area contributed by atoms with Crippen molar-refractivity contribution >= 4 is 12.6 Å². The average molecular weight is 145 g/mol. The summed E-state index contributed by atoms with van der Waals surface area (Å²) >= 11 is 5.26. The van der Waals surface area contributed by atoms with E-state index in [2.05, 4.69) is 20.8 Å². The van der Waals surface area contributed by atoms with E-state index in [-0.39, 0.29) is 0 Å². The van der Waals surface area contributed by atoms with Gasteiger partial charge in [-0.25, -0.2) is 0 Å². The molecule has 0 fully saturated rings. The van der Waals surface area contributed by atoms with Crippen molar-refractivity contribution in [3.63, 3.8) is 0 Å². The fourth-order valence-electron chi connectivity index (χ4n) is 1.15. The van der Waals surface area contributed by atoms with Gasteiger partial charge in [-0.15, -0.1) is 0 Å². The summed E-state index contributed by atoms with van der Waals surface area (Å²) in [5, 5.41) is 0.514. The molecule has 0 spiro atoms. The molecule has 1 radical (unpaired) electrons. The van der Waals surface area contributed by atoms with E-state index in [0.717, 1.165) is 12.3 Å². The SMILES string of the molecule is CCC([S])C(CC)CC. The van der Waals surface area contributed by atoms with Crippen LogP contribution in [0.25, 0.3) is 0 Å². The summed E-state index contributed by atoms with van der Waals surface area (Å²) in [7, 11) is 0. The molecule has 0 aromatic rings. The van der Waals surface area contributed by atoms with Gasteiger partial charge in [-0.1, -0.05) is 46.2 Å². The van der Waals surface area contributed by atoms with Crippen molar-refractivity contribution in [1.82, 2.24) is 0 Å². The normalized spacial score (nSPS) is 14.3. The Morgan fingerprint density at radius 2 is 1.44 bits per heavy atom. The second kappa shape index (κ2) is 5.16. The van der Waals surface area contributed by atoms with Crippen LogP contribution in [-0.2, 0) is 0 Å². The fourth-order valence-corrected chi connectivity index (χ4v) is 1.53. The van der Waals surface area contributed by atoms with Crippen LogP contribution in [0.15, 0.2) is 0 Å². The molecule has 0 nitrogen and oxygen atoms in total. The summed E-state index contributed by atoms with van der Waals surface area (Å²) in [6.45, 7) is 6.63. The van der Waals surface area contributed by atoms with Crippen LogP contribution in [-0.4, -0.2) is 5.25 Å². The zero-order valence-corrected chi connectivity index (χ0v) is 7.50. The molecule has 0 saturated carbocycles. The highest BCUT2D eigenvalue weighted by molar-refractivity contribution is 7.81. The summed E-state index contributed by atoms with van der Waals surface area (Å²) < 4.78 is 0. The standard InChI is InChI=1S/C8H17S/c1-4-7(5-2)8(9)6-3/h7-8H,4-6H2,1-3H3. The van der Waals surface area contributed by atoms with E-state index in [1.807, 2.05) is 0 Å². The monoisotopic (exact) mass is 145 g/mol. The third-order valence-corrected chi connectivity index (χ3v) is 2.70. The highest BCUT2D eigenvalue weighted by atomic mass is 32.1. The number of rotatable bonds is 4. The molecule has 1 atom stereocenters. The lowest BCUT2D eigenvalue weighted by Crippen LogP contribution is -2.11. The van der Waals surface area contributed by atoms with Crippen molar-refractivity contribution in [2.45, 2.75) is 45.3 Å². The van der Waals surface area contributed by atoms with Gasteiger partial charge < -0.3 is 0 Å². The average Bonchev–Trinajstić information content (AvgIpc) is 1.90. The molecule has 0 aromatic heterocycles. The van der Waals surface area contributed by atoms with Gasteiger partial charge in [-0.2, -0.15) is 0 Å². The summed E-state index contributed by atoms with van der Waals surface area (Å²) in [5.41, 5.74) is 0. The van der Waals surface area contributed by atoms with Crippen LogP contribution in [0.4, 0.5) is 0 Å². The Hall–Kier alpha value is 0.350. The lowest BCUT2D eigenvalue weighted by molar-refractivity contribution is 0.466. The van der Waals surface area contributed by atoms with Gasteiger partial charge in [-0.3, -0.25) is 0 Å². The Bertz CT molecular complexity index is 57.6. The third kappa shape index (κ3) is 3.14. The zero-order chi connectivity index (χ0) is 7.28. The van der Waals surface area contributed by atoms with E-state index >= 15 is 0 Å². The number of hydrogen-bond acceptors (Lipinski definition) is 0. The molecule has 1 unspecified atom stereocenters. The molecule has 0 aliphatic heterocycles. The molecule has 0 rings (SSSR count). The molecular weight excluding hydrogens is 128 g/mol. The van der Waals surface area contributed by atoms with E-state index < -0.39 is 0 Å². The minimum atomic E-state index is 0.514. The van der Waals surface area contributed by atoms with Gasteiger partial charge in [0.1, 0.15) is 0 Å². The maximum atomic E-state index is 5.26. The van der Waals surface area contributed by atoms with Crippen LogP contribution >= 0.6 is 12.6 Å². The molecule has 0 bridgehead atoms. The van der Waals surface area contributed by atoms with Crippen LogP contribution in [0.3, 0.4) is 0 Å². The molecule has 55 valence electrons. The first kappa shape index (κ1) is 9.35. The first-order valence-electron chi connectivity index (χ1n) is 3.92. The fraction of sp³-hybridized carbons (Fsp3) is 1.00. The molecule has 0 amide bonds. The smallest absolute Gasteiger partial charge is 0.0177 e. The van der Waals surface area contributed by atoms with Crippen LogP contribution in [0.1, 0.15) is 40.0 Å².